The van der Waals surface area contributed by atoms with Gasteiger partial charge in [0.25, 0.3) is 0 Å². The van der Waals surface area contributed by atoms with Crippen LogP contribution in [0.3, 0.4) is 0 Å². The van der Waals surface area contributed by atoms with Crippen LogP contribution in [0.5, 0.6) is 0 Å². The zero-order valence-electron chi connectivity index (χ0n) is 24.3. The van der Waals surface area contributed by atoms with Gasteiger partial charge in [-0.2, -0.15) is 19.7 Å². The van der Waals surface area contributed by atoms with Crippen molar-refractivity contribution in [3.05, 3.63) is 46.7 Å². The molecule has 3 saturated heterocycles. The number of aliphatic hydroxyl groups is 1. The van der Waals surface area contributed by atoms with Crippen molar-refractivity contribution in [1.29, 1.82) is 5.26 Å². The number of carbonyl (C=O) groups excluding carboxylic acids is 1. The minimum atomic E-state index is -0.566. The molecule has 6 heterocycles. The Bertz CT molecular complexity index is 1770. The van der Waals surface area contributed by atoms with E-state index in [1.807, 2.05) is 65.9 Å². The third-order valence-corrected chi connectivity index (χ3v) is 9.86. The molecule has 2 amide bonds. The molecule has 1 spiro atoms. The first kappa shape index (κ1) is 27.5. The Labute approximate surface area is 252 Å². The largest absolute Gasteiger partial charge is 0.389 e. The molecule has 0 saturated carbocycles. The fourth-order valence-electron chi connectivity index (χ4n) is 6.44. The zero-order chi connectivity index (χ0) is 30.0. The molecule has 11 nitrogen and oxygen atoms in total. The highest BCUT2D eigenvalue weighted by molar-refractivity contribution is 7.16. The summed E-state index contributed by atoms with van der Waals surface area (Å²) in [6, 6.07) is 12.0. The fourth-order valence-corrected chi connectivity index (χ4v) is 7.29. The number of anilines is 3. The van der Waals surface area contributed by atoms with Gasteiger partial charge in [0.1, 0.15) is 22.5 Å². The quantitative estimate of drug-likeness (QED) is 0.342. The van der Waals surface area contributed by atoms with Gasteiger partial charge < -0.3 is 24.7 Å². The number of aromatic nitrogens is 4. The van der Waals surface area contributed by atoms with Crippen molar-refractivity contribution < 1.29 is 14.3 Å². The summed E-state index contributed by atoms with van der Waals surface area (Å²) >= 11 is 1.30. The number of likely N-dealkylation sites (tertiary alicyclic amines) is 2. The van der Waals surface area contributed by atoms with Crippen LogP contribution in [0.25, 0.3) is 22.3 Å². The first-order chi connectivity index (χ1) is 20.7. The molecule has 1 aromatic carbocycles. The van der Waals surface area contributed by atoms with Crippen molar-refractivity contribution >= 4 is 45.0 Å². The molecular weight excluding hydrogens is 569 g/mol. The summed E-state index contributed by atoms with van der Waals surface area (Å²) in [5, 5.41) is 25.3. The van der Waals surface area contributed by atoms with Gasteiger partial charge in [0.2, 0.25) is 5.95 Å². The molecule has 7 rings (SSSR count). The van der Waals surface area contributed by atoms with Gasteiger partial charge in [-0.15, -0.1) is 0 Å². The van der Waals surface area contributed by atoms with Crippen molar-refractivity contribution in [1.82, 2.24) is 29.5 Å². The average molecular weight is 602 g/mol. The van der Waals surface area contributed by atoms with Crippen LogP contribution in [-0.2, 0) is 6.54 Å². The lowest BCUT2D eigenvalue weighted by molar-refractivity contribution is -0.0161. The molecule has 3 aliphatic rings. The van der Waals surface area contributed by atoms with E-state index in [1.165, 1.54) is 11.3 Å². The summed E-state index contributed by atoms with van der Waals surface area (Å²) < 4.78 is 17.3. The number of nitriles is 1. The second-order valence-corrected chi connectivity index (χ2v) is 12.9. The number of nitrogens with zero attached hydrogens (tertiary/aromatic N) is 9. The number of aliphatic hydroxyl groups excluding tert-OH is 1. The highest BCUT2D eigenvalue weighted by Gasteiger charge is 2.51. The topological polar surface area (TPSA) is 118 Å². The molecule has 0 bridgehead atoms. The Hall–Kier alpha value is -4.28. The SMILES string of the molecule is CCn1nc2nc(F)c(N3CCC4(CN(C(=O)N5CC(O)C5)C4)C3)cc2c1N(C)c1nc(-c2ccc(C)cc2)c(C#N)s1. The predicted octanol–water partition coefficient (Wildman–Crippen LogP) is 3.97. The number of hydrogen-bond donors (Lipinski definition) is 1. The molecule has 0 unspecified atom stereocenters. The van der Waals surface area contributed by atoms with Gasteiger partial charge in [0, 0.05) is 50.7 Å². The van der Waals surface area contributed by atoms with Gasteiger partial charge in [-0.05, 0) is 26.3 Å². The number of halogens is 1. The van der Waals surface area contributed by atoms with E-state index in [0.29, 0.717) is 78.2 Å². The van der Waals surface area contributed by atoms with E-state index in [0.717, 1.165) is 23.4 Å². The number of benzene rings is 1. The lowest BCUT2D eigenvalue weighted by Gasteiger charge is -2.51. The first-order valence-corrected chi connectivity index (χ1v) is 15.3. The van der Waals surface area contributed by atoms with Gasteiger partial charge in [-0.3, -0.25) is 0 Å². The minimum absolute atomic E-state index is 0.0319. The second-order valence-electron chi connectivity index (χ2n) is 11.9. The van der Waals surface area contributed by atoms with Gasteiger partial charge in [-0.25, -0.2) is 14.5 Å². The van der Waals surface area contributed by atoms with Crippen LogP contribution < -0.4 is 9.80 Å². The molecule has 0 aliphatic carbocycles. The van der Waals surface area contributed by atoms with E-state index in [1.54, 1.807) is 9.58 Å². The van der Waals surface area contributed by atoms with Crippen LogP contribution in [0.2, 0.25) is 0 Å². The van der Waals surface area contributed by atoms with E-state index in [-0.39, 0.29) is 11.4 Å². The smallest absolute Gasteiger partial charge is 0.320 e. The number of urea groups is 1. The maximum atomic E-state index is 15.5. The van der Waals surface area contributed by atoms with Crippen molar-refractivity contribution in [2.75, 3.05) is 56.1 Å². The number of fused-ring (bicyclic) bond motifs is 1. The maximum Gasteiger partial charge on any atom is 0.320 e. The molecule has 0 atom stereocenters. The number of amides is 2. The number of carbonyl (C=O) groups is 1. The number of pyridine rings is 1. The summed E-state index contributed by atoms with van der Waals surface area (Å²) in [7, 11) is 1.88. The molecule has 222 valence electrons. The zero-order valence-corrected chi connectivity index (χ0v) is 25.1. The van der Waals surface area contributed by atoms with Crippen LogP contribution in [-0.4, -0.2) is 93.1 Å². The number of aryl methyl sites for hydroxylation is 2. The number of rotatable bonds is 5. The molecule has 3 aliphatic heterocycles. The first-order valence-electron chi connectivity index (χ1n) is 14.4. The van der Waals surface area contributed by atoms with E-state index >= 15 is 4.39 Å². The van der Waals surface area contributed by atoms with E-state index in [2.05, 4.69) is 16.2 Å². The Morgan fingerprint density at radius 2 is 1.95 bits per heavy atom. The Morgan fingerprint density at radius 3 is 2.63 bits per heavy atom. The maximum absolute atomic E-state index is 15.5. The Morgan fingerprint density at radius 1 is 1.21 bits per heavy atom. The van der Waals surface area contributed by atoms with Crippen LogP contribution in [0.4, 0.5) is 25.8 Å². The van der Waals surface area contributed by atoms with Crippen molar-refractivity contribution in [2.45, 2.75) is 32.9 Å². The van der Waals surface area contributed by atoms with Gasteiger partial charge in [-0.1, -0.05) is 41.2 Å². The monoisotopic (exact) mass is 601 g/mol. The Balaban J connectivity index is 1.17. The predicted molar refractivity (Wildman–Crippen MR) is 162 cm³/mol. The molecule has 4 aromatic rings. The highest BCUT2D eigenvalue weighted by Crippen LogP contribution is 2.44. The molecule has 43 heavy (non-hydrogen) atoms. The van der Waals surface area contributed by atoms with E-state index in [4.69, 9.17) is 4.98 Å². The lowest BCUT2D eigenvalue weighted by Crippen LogP contribution is -2.66. The molecular formula is C30H32FN9O2S. The van der Waals surface area contributed by atoms with Gasteiger partial charge in [0.15, 0.2) is 10.8 Å². The minimum Gasteiger partial charge on any atom is -0.389 e. The molecule has 1 N–H and O–H groups in total. The van der Waals surface area contributed by atoms with E-state index < -0.39 is 12.1 Å². The molecule has 13 heteroatoms. The van der Waals surface area contributed by atoms with Crippen molar-refractivity contribution in [3.8, 4) is 17.3 Å². The molecule has 0 radical (unpaired) electrons. The highest BCUT2D eigenvalue weighted by atomic mass is 32.1. The lowest BCUT2D eigenvalue weighted by atomic mass is 9.79. The Kier molecular flexibility index (Phi) is 6.51. The van der Waals surface area contributed by atoms with Gasteiger partial charge in [0.05, 0.1) is 30.3 Å². The molecule has 3 fully saturated rings. The normalized spacial score (nSPS) is 17.8. The van der Waals surface area contributed by atoms with Crippen LogP contribution in [0.15, 0.2) is 30.3 Å². The van der Waals surface area contributed by atoms with Crippen molar-refractivity contribution in [2.24, 2.45) is 5.41 Å². The van der Waals surface area contributed by atoms with E-state index in [9.17, 15) is 15.2 Å². The molecule has 3 aromatic heterocycles. The van der Waals surface area contributed by atoms with Crippen LogP contribution in [0.1, 0.15) is 23.8 Å². The summed E-state index contributed by atoms with van der Waals surface area (Å²) in [6.07, 6.45) is 0.433. The summed E-state index contributed by atoms with van der Waals surface area (Å²) in [5.74, 6) is 0.162. The average Bonchev–Trinajstić information content (AvgIpc) is 3.69. The third-order valence-electron chi connectivity index (χ3n) is 8.82. The van der Waals surface area contributed by atoms with Crippen LogP contribution in [0, 0.1) is 29.6 Å². The van der Waals surface area contributed by atoms with Crippen molar-refractivity contribution in [3.63, 3.8) is 0 Å². The third kappa shape index (κ3) is 4.56. The summed E-state index contributed by atoms with van der Waals surface area (Å²) in [6.45, 7) is 7.86. The standard InChI is InChI=1S/C30H32FN9O2S/c1-4-40-27(36(3)28-33-24(23(12-32)43-28)19-7-5-18(2)6-8-19)21-11-22(25(31)34-26(21)35-40)37-10-9-30(15-37)16-39(17-30)29(42)38-13-20(41)14-38/h5-8,11,20,41H,4,9-10,13-17H2,1-3H3. The number of thiazole rings is 1. The van der Waals surface area contributed by atoms with Crippen LogP contribution >= 0.6 is 11.3 Å². The van der Waals surface area contributed by atoms with Gasteiger partial charge >= 0.3 is 6.03 Å². The number of hydrogen-bond acceptors (Lipinski definition) is 9. The number of β-amino-alcohol motifs (C(OH)–C–C–N with tert-alkyl or cyclic N) is 1. The summed E-state index contributed by atoms with van der Waals surface area (Å²) in [4.78, 5) is 29.7. The summed E-state index contributed by atoms with van der Waals surface area (Å²) in [5.41, 5.74) is 3.29. The second kappa shape index (κ2) is 10.2. The fraction of sp³-hybridized carbons (Fsp3) is 0.433.